The molecule has 2 aliphatic carbocycles. The van der Waals surface area contributed by atoms with Gasteiger partial charge in [0.1, 0.15) is 14.8 Å². The van der Waals surface area contributed by atoms with Crippen LogP contribution < -0.4 is 16.4 Å². The van der Waals surface area contributed by atoms with Crippen molar-refractivity contribution in [1.82, 2.24) is 5.32 Å². The lowest BCUT2D eigenvalue weighted by molar-refractivity contribution is 0.0956. The largest absolute Gasteiger partial charge is 0.396 e. The molecule has 1 aromatic heterocycles. The van der Waals surface area contributed by atoms with E-state index in [0.717, 1.165) is 43.3 Å². The van der Waals surface area contributed by atoms with Crippen LogP contribution in [0.15, 0.2) is 4.90 Å². The smallest absolute Gasteiger partial charge is 0.263 e. The van der Waals surface area contributed by atoms with Gasteiger partial charge in [0.15, 0.2) is 9.84 Å². The van der Waals surface area contributed by atoms with Crippen LogP contribution in [0.25, 0.3) is 0 Å². The zero-order chi connectivity index (χ0) is 14.5. The molecule has 2 aliphatic rings. The van der Waals surface area contributed by atoms with Crippen molar-refractivity contribution in [3.63, 3.8) is 0 Å². The minimum absolute atomic E-state index is 0.0651. The van der Waals surface area contributed by atoms with Crippen molar-refractivity contribution in [1.29, 1.82) is 0 Å². The molecule has 1 heterocycles. The van der Waals surface area contributed by atoms with Gasteiger partial charge in [-0.05, 0) is 25.7 Å². The molecule has 3 rings (SSSR count). The summed E-state index contributed by atoms with van der Waals surface area (Å²) < 4.78 is 23.8. The van der Waals surface area contributed by atoms with E-state index in [1.54, 1.807) is 0 Å². The van der Waals surface area contributed by atoms with Crippen molar-refractivity contribution in [3.05, 3.63) is 4.88 Å². The fourth-order valence-electron chi connectivity index (χ4n) is 1.95. The minimum Gasteiger partial charge on any atom is -0.396 e. The van der Waals surface area contributed by atoms with Crippen molar-refractivity contribution in [2.45, 2.75) is 42.7 Å². The van der Waals surface area contributed by atoms with E-state index in [1.807, 2.05) is 0 Å². The van der Waals surface area contributed by atoms with Crippen molar-refractivity contribution < 1.29 is 13.2 Å². The number of hydrogen-bond acceptors (Lipinski definition) is 6. The fraction of sp³-hybridized carbons (Fsp3) is 0.583. The quantitative estimate of drug-likeness (QED) is 0.758. The molecule has 0 aliphatic heterocycles. The highest BCUT2D eigenvalue weighted by Crippen LogP contribution is 2.41. The number of carbonyl (C=O) groups excluding carboxylic acids is 1. The lowest BCUT2D eigenvalue weighted by Crippen LogP contribution is -2.25. The molecule has 4 N–H and O–H groups in total. The van der Waals surface area contributed by atoms with Gasteiger partial charge in [0.25, 0.3) is 5.91 Å². The van der Waals surface area contributed by atoms with Crippen molar-refractivity contribution in [2.24, 2.45) is 0 Å². The van der Waals surface area contributed by atoms with E-state index in [-0.39, 0.29) is 22.5 Å². The monoisotopic (exact) mass is 315 g/mol. The Morgan fingerprint density at radius 3 is 2.35 bits per heavy atom. The van der Waals surface area contributed by atoms with Gasteiger partial charge in [-0.2, -0.15) is 0 Å². The highest BCUT2D eigenvalue weighted by atomic mass is 32.2. The zero-order valence-corrected chi connectivity index (χ0v) is 12.7. The van der Waals surface area contributed by atoms with Gasteiger partial charge in [-0.3, -0.25) is 4.79 Å². The molecule has 0 saturated heterocycles. The molecule has 0 aromatic carbocycles. The molecule has 2 saturated carbocycles. The lowest BCUT2D eigenvalue weighted by atomic mass is 10.3. The standard InChI is InChI=1S/C12H17N3O3S2/c1-20(17,18)10-8(13)9(11(16)14-6-2-3-6)19-12(10)15-7-4-5-7/h6-7,15H,2-5,13H2,1H3,(H,14,16). The van der Waals surface area contributed by atoms with Gasteiger partial charge in [0.05, 0.1) is 5.69 Å². The van der Waals surface area contributed by atoms with Gasteiger partial charge in [-0.1, -0.05) is 0 Å². The number of rotatable bonds is 5. The Hall–Kier alpha value is -1.28. The summed E-state index contributed by atoms with van der Waals surface area (Å²) in [6.07, 6.45) is 5.10. The van der Waals surface area contributed by atoms with Gasteiger partial charge in [0, 0.05) is 18.3 Å². The molecule has 0 radical (unpaired) electrons. The molecule has 0 bridgehead atoms. The maximum Gasteiger partial charge on any atom is 0.263 e. The summed E-state index contributed by atoms with van der Waals surface area (Å²) >= 11 is 1.13. The van der Waals surface area contributed by atoms with E-state index in [2.05, 4.69) is 10.6 Å². The van der Waals surface area contributed by atoms with E-state index in [0.29, 0.717) is 15.9 Å². The van der Waals surface area contributed by atoms with Crippen LogP contribution in [-0.2, 0) is 9.84 Å². The average Bonchev–Trinajstić information content (AvgIpc) is 3.20. The topological polar surface area (TPSA) is 101 Å². The van der Waals surface area contributed by atoms with Crippen molar-refractivity contribution in [3.8, 4) is 0 Å². The highest BCUT2D eigenvalue weighted by molar-refractivity contribution is 7.91. The summed E-state index contributed by atoms with van der Waals surface area (Å²) in [6.45, 7) is 0. The summed E-state index contributed by atoms with van der Waals surface area (Å²) in [4.78, 5) is 12.5. The van der Waals surface area contributed by atoms with E-state index in [4.69, 9.17) is 5.73 Å². The summed E-state index contributed by atoms with van der Waals surface area (Å²) in [7, 11) is -3.46. The van der Waals surface area contributed by atoms with Gasteiger partial charge in [-0.15, -0.1) is 11.3 Å². The normalized spacial score (nSPS) is 18.9. The predicted octanol–water partition coefficient (Wildman–Crippen LogP) is 1.20. The SMILES string of the molecule is CS(=O)(=O)c1c(NC2CC2)sc(C(=O)NC2CC2)c1N. The highest BCUT2D eigenvalue weighted by Gasteiger charge is 2.32. The van der Waals surface area contributed by atoms with Gasteiger partial charge < -0.3 is 16.4 Å². The molecular formula is C12H17N3O3S2. The van der Waals surface area contributed by atoms with Crippen LogP contribution in [0.5, 0.6) is 0 Å². The van der Waals surface area contributed by atoms with Gasteiger partial charge >= 0.3 is 0 Å². The Kier molecular flexibility index (Phi) is 3.17. The number of nitrogens with one attached hydrogen (secondary N) is 2. The summed E-state index contributed by atoms with van der Waals surface area (Å²) in [5.74, 6) is -0.274. The van der Waals surface area contributed by atoms with Crippen LogP contribution in [0.3, 0.4) is 0 Å². The van der Waals surface area contributed by atoms with E-state index >= 15 is 0 Å². The first-order valence-corrected chi connectivity index (χ1v) is 9.27. The number of thiophene rings is 1. The Balaban J connectivity index is 1.97. The first kappa shape index (κ1) is 13.7. The third-order valence-electron chi connectivity index (χ3n) is 3.30. The Morgan fingerprint density at radius 2 is 1.85 bits per heavy atom. The Morgan fingerprint density at radius 1 is 1.25 bits per heavy atom. The number of hydrogen-bond donors (Lipinski definition) is 3. The van der Waals surface area contributed by atoms with Crippen LogP contribution in [-0.4, -0.2) is 32.7 Å². The third kappa shape index (κ3) is 2.76. The number of sulfone groups is 1. The molecule has 1 amide bonds. The average molecular weight is 315 g/mol. The molecule has 8 heteroatoms. The van der Waals surface area contributed by atoms with Crippen LogP contribution >= 0.6 is 11.3 Å². The summed E-state index contributed by atoms with van der Waals surface area (Å²) in [5, 5.41) is 6.49. The van der Waals surface area contributed by atoms with Crippen LogP contribution in [0.2, 0.25) is 0 Å². The van der Waals surface area contributed by atoms with Crippen molar-refractivity contribution >= 4 is 37.8 Å². The first-order chi connectivity index (χ1) is 9.36. The zero-order valence-electron chi connectivity index (χ0n) is 11.1. The van der Waals surface area contributed by atoms with Gasteiger partial charge in [-0.25, -0.2) is 8.42 Å². The Bertz CT molecular complexity index is 658. The predicted molar refractivity (Wildman–Crippen MR) is 79.0 cm³/mol. The molecule has 0 atom stereocenters. The van der Waals surface area contributed by atoms with E-state index < -0.39 is 9.84 Å². The van der Waals surface area contributed by atoms with Crippen LogP contribution in [0.4, 0.5) is 10.7 Å². The summed E-state index contributed by atoms with van der Waals surface area (Å²) in [6, 6.07) is 0.512. The number of anilines is 2. The molecule has 20 heavy (non-hydrogen) atoms. The van der Waals surface area contributed by atoms with Crippen LogP contribution in [0.1, 0.15) is 35.4 Å². The van der Waals surface area contributed by atoms with E-state index in [1.165, 1.54) is 0 Å². The molecule has 0 spiro atoms. The fourth-order valence-corrected chi connectivity index (χ4v) is 4.49. The maximum absolute atomic E-state index is 12.1. The number of amides is 1. The third-order valence-corrected chi connectivity index (χ3v) is 5.73. The number of carbonyl (C=O) groups is 1. The van der Waals surface area contributed by atoms with E-state index in [9.17, 15) is 13.2 Å². The Labute approximate surface area is 121 Å². The lowest BCUT2D eigenvalue weighted by Gasteiger charge is -2.04. The minimum atomic E-state index is -3.46. The second kappa shape index (κ2) is 4.63. The van der Waals surface area contributed by atoms with Crippen LogP contribution in [0, 0.1) is 0 Å². The molecule has 6 nitrogen and oxygen atoms in total. The second-order valence-corrected chi connectivity index (χ2v) is 8.41. The number of nitrogens with two attached hydrogens (primary N) is 1. The second-order valence-electron chi connectivity index (χ2n) is 5.44. The van der Waals surface area contributed by atoms with Gasteiger partial charge in [0.2, 0.25) is 0 Å². The number of nitrogen functional groups attached to an aromatic ring is 1. The summed E-state index contributed by atoms with van der Waals surface area (Å²) in [5.41, 5.74) is 5.98. The van der Waals surface area contributed by atoms with Crippen molar-refractivity contribution in [2.75, 3.05) is 17.3 Å². The molecular weight excluding hydrogens is 298 g/mol. The molecule has 2 fully saturated rings. The molecule has 110 valence electrons. The molecule has 0 unspecified atom stereocenters. The molecule has 1 aromatic rings. The first-order valence-electron chi connectivity index (χ1n) is 6.56. The maximum atomic E-state index is 12.1.